The Kier molecular flexibility index (Phi) is 3.70. The fourth-order valence-electron chi connectivity index (χ4n) is 2.45. The first kappa shape index (κ1) is 14.0. The highest BCUT2D eigenvalue weighted by atomic mass is 16.6. The minimum absolute atomic E-state index is 0.0314. The van der Waals surface area contributed by atoms with Gasteiger partial charge >= 0.3 is 0 Å². The summed E-state index contributed by atoms with van der Waals surface area (Å²) >= 11 is 0. The van der Waals surface area contributed by atoms with Gasteiger partial charge in [-0.25, -0.2) is 4.98 Å². The van der Waals surface area contributed by atoms with E-state index in [1.165, 1.54) is 6.07 Å². The van der Waals surface area contributed by atoms with Gasteiger partial charge in [0, 0.05) is 29.4 Å². The third kappa shape index (κ3) is 2.74. The number of hydrogen-bond acceptors (Lipinski definition) is 4. The van der Waals surface area contributed by atoms with Crippen LogP contribution in [0.5, 0.6) is 0 Å². The molecule has 0 aliphatic carbocycles. The standard InChI is InChI=1S/C17H15N3O2/c1-12-10-15(18-11-13-6-3-2-4-7-13)14-8-5-9-16(20(21)22)17(14)19-12/h2-10H,11H2,1H3,(H,18,19). The molecule has 0 saturated heterocycles. The molecule has 110 valence electrons. The van der Waals surface area contributed by atoms with Gasteiger partial charge in [0.1, 0.15) is 0 Å². The van der Waals surface area contributed by atoms with Crippen LogP contribution in [-0.2, 0) is 6.54 Å². The topological polar surface area (TPSA) is 68.1 Å². The highest BCUT2D eigenvalue weighted by Crippen LogP contribution is 2.30. The van der Waals surface area contributed by atoms with Crippen LogP contribution in [0.1, 0.15) is 11.3 Å². The fourth-order valence-corrected chi connectivity index (χ4v) is 2.45. The van der Waals surface area contributed by atoms with Gasteiger partial charge in [-0.3, -0.25) is 10.1 Å². The molecule has 0 saturated carbocycles. The zero-order valence-corrected chi connectivity index (χ0v) is 12.1. The Bertz CT molecular complexity index is 832. The fraction of sp³-hybridized carbons (Fsp3) is 0.118. The van der Waals surface area contributed by atoms with Crippen molar-refractivity contribution in [3.63, 3.8) is 0 Å². The Morgan fingerprint density at radius 3 is 2.64 bits per heavy atom. The molecular weight excluding hydrogens is 278 g/mol. The van der Waals surface area contributed by atoms with Gasteiger partial charge in [0.25, 0.3) is 5.69 Å². The number of pyridine rings is 1. The van der Waals surface area contributed by atoms with Crippen LogP contribution < -0.4 is 5.32 Å². The lowest BCUT2D eigenvalue weighted by Crippen LogP contribution is -2.02. The largest absolute Gasteiger partial charge is 0.380 e. The summed E-state index contributed by atoms with van der Waals surface area (Å²) in [5.41, 5.74) is 3.20. The molecule has 5 nitrogen and oxygen atoms in total. The number of aryl methyl sites for hydroxylation is 1. The summed E-state index contributed by atoms with van der Waals surface area (Å²) in [6, 6.07) is 16.9. The number of rotatable bonds is 4. The van der Waals surface area contributed by atoms with Gasteiger partial charge in [0.2, 0.25) is 0 Å². The zero-order chi connectivity index (χ0) is 15.5. The number of anilines is 1. The van der Waals surface area contributed by atoms with Crippen LogP contribution in [0.2, 0.25) is 0 Å². The molecule has 3 aromatic rings. The van der Waals surface area contributed by atoms with Crippen LogP contribution in [0.4, 0.5) is 11.4 Å². The van der Waals surface area contributed by atoms with Crippen LogP contribution in [0.3, 0.4) is 0 Å². The van der Waals surface area contributed by atoms with E-state index in [9.17, 15) is 10.1 Å². The van der Waals surface area contributed by atoms with Gasteiger partial charge in [0.05, 0.1) is 4.92 Å². The number of nitro groups is 1. The Hall–Kier alpha value is -2.95. The summed E-state index contributed by atoms with van der Waals surface area (Å²) < 4.78 is 0. The normalized spacial score (nSPS) is 10.6. The first-order valence-corrected chi connectivity index (χ1v) is 6.98. The van der Waals surface area contributed by atoms with Crippen molar-refractivity contribution >= 4 is 22.3 Å². The molecular formula is C17H15N3O2. The van der Waals surface area contributed by atoms with Crippen molar-refractivity contribution in [1.29, 1.82) is 0 Å². The molecule has 1 heterocycles. The molecule has 22 heavy (non-hydrogen) atoms. The molecule has 0 aliphatic heterocycles. The SMILES string of the molecule is Cc1cc(NCc2ccccc2)c2cccc([N+](=O)[O-])c2n1. The van der Waals surface area contributed by atoms with E-state index in [0.717, 1.165) is 22.3 Å². The Balaban J connectivity index is 2.02. The van der Waals surface area contributed by atoms with Crippen molar-refractivity contribution in [3.05, 3.63) is 76.0 Å². The number of non-ortho nitro benzene ring substituents is 1. The maximum Gasteiger partial charge on any atom is 0.295 e. The van der Waals surface area contributed by atoms with E-state index in [1.807, 2.05) is 49.4 Å². The average Bonchev–Trinajstić information content (AvgIpc) is 2.52. The maximum absolute atomic E-state index is 11.2. The van der Waals surface area contributed by atoms with E-state index < -0.39 is 4.92 Å². The lowest BCUT2D eigenvalue weighted by molar-refractivity contribution is -0.383. The number of nitrogens with one attached hydrogen (secondary N) is 1. The van der Waals surface area contributed by atoms with Gasteiger partial charge in [-0.1, -0.05) is 42.5 Å². The first-order chi connectivity index (χ1) is 10.6. The molecule has 3 rings (SSSR count). The summed E-state index contributed by atoms with van der Waals surface area (Å²) in [5.74, 6) is 0. The summed E-state index contributed by atoms with van der Waals surface area (Å²) in [5, 5.41) is 15.3. The molecule has 1 N–H and O–H groups in total. The third-order valence-corrected chi connectivity index (χ3v) is 3.47. The number of fused-ring (bicyclic) bond motifs is 1. The number of nitro benzene ring substituents is 1. The lowest BCUT2D eigenvalue weighted by Gasteiger charge is -2.11. The second-order valence-electron chi connectivity index (χ2n) is 5.08. The smallest absolute Gasteiger partial charge is 0.295 e. The quantitative estimate of drug-likeness (QED) is 0.581. The van der Waals surface area contributed by atoms with Gasteiger partial charge in [-0.2, -0.15) is 0 Å². The predicted octanol–water partition coefficient (Wildman–Crippen LogP) is 4.06. The van der Waals surface area contributed by atoms with Gasteiger partial charge in [-0.05, 0) is 18.6 Å². The van der Waals surface area contributed by atoms with Crippen molar-refractivity contribution in [2.45, 2.75) is 13.5 Å². The molecule has 0 unspecified atom stereocenters. The van der Waals surface area contributed by atoms with Crippen molar-refractivity contribution in [1.82, 2.24) is 4.98 Å². The molecule has 2 aromatic carbocycles. The molecule has 0 spiro atoms. The number of benzene rings is 2. The molecule has 0 atom stereocenters. The van der Waals surface area contributed by atoms with E-state index in [2.05, 4.69) is 10.3 Å². The second-order valence-corrected chi connectivity index (χ2v) is 5.08. The molecule has 5 heteroatoms. The van der Waals surface area contributed by atoms with E-state index >= 15 is 0 Å². The molecule has 0 fully saturated rings. The predicted molar refractivity (Wildman–Crippen MR) is 86.9 cm³/mol. The van der Waals surface area contributed by atoms with Gasteiger partial charge in [0.15, 0.2) is 5.52 Å². The molecule has 0 radical (unpaired) electrons. The van der Waals surface area contributed by atoms with Crippen molar-refractivity contribution in [3.8, 4) is 0 Å². The van der Waals surface area contributed by atoms with E-state index in [-0.39, 0.29) is 5.69 Å². The highest BCUT2D eigenvalue weighted by molar-refractivity contribution is 5.96. The average molecular weight is 293 g/mol. The summed E-state index contributed by atoms with van der Waals surface area (Å²) in [6.07, 6.45) is 0. The zero-order valence-electron chi connectivity index (χ0n) is 12.1. The van der Waals surface area contributed by atoms with Crippen LogP contribution >= 0.6 is 0 Å². The number of aromatic nitrogens is 1. The van der Waals surface area contributed by atoms with Crippen molar-refractivity contribution in [2.24, 2.45) is 0 Å². The molecule has 0 bridgehead atoms. The maximum atomic E-state index is 11.2. The first-order valence-electron chi connectivity index (χ1n) is 6.98. The Labute approximate surface area is 127 Å². The summed E-state index contributed by atoms with van der Waals surface area (Å²) in [6.45, 7) is 2.49. The van der Waals surface area contributed by atoms with Crippen LogP contribution in [-0.4, -0.2) is 9.91 Å². The van der Waals surface area contributed by atoms with Crippen molar-refractivity contribution < 1.29 is 4.92 Å². The highest BCUT2D eigenvalue weighted by Gasteiger charge is 2.15. The van der Waals surface area contributed by atoms with Crippen LogP contribution in [0, 0.1) is 17.0 Å². The third-order valence-electron chi connectivity index (χ3n) is 3.47. The van der Waals surface area contributed by atoms with Crippen molar-refractivity contribution in [2.75, 3.05) is 5.32 Å². The Morgan fingerprint density at radius 1 is 1.14 bits per heavy atom. The van der Waals surface area contributed by atoms with Gasteiger partial charge in [-0.15, -0.1) is 0 Å². The molecule has 0 aliphatic rings. The lowest BCUT2D eigenvalue weighted by atomic mass is 10.1. The van der Waals surface area contributed by atoms with E-state index in [0.29, 0.717) is 12.1 Å². The van der Waals surface area contributed by atoms with E-state index in [4.69, 9.17) is 0 Å². The number of para-hydroxylation sites is 1. The molecule has 1 aromatic heterocycles. The Morgan fingerprint density at radius 2 is 1.91 bits per heavy atom. The number of hydrogen-bond donors (Lipinski definition) is 1. The van der Waals surface area contributed by atoms with Gasteiger partial charge < -0.3 is 5.32 Å². The second kappa shape index (κ2) is 5.81. The van der Waals surface area contributed by atoms with Crippen LogP contribution in [0.25, 0.3) is 10.9 Å². The molecule has 0 amide bonds. The minimum atomic E-state index is -0.393. The van der Waals surface area contributed by atoms with E-state index in [1.54, 1.807) is 6.07 Å². The number of nitrogens with zero attached hydrogens (tertiary/aromatic N) is 2. The minimum Gasteiger partial charge on any atom is -0.380 e. The summed E-state index contributed by atoms with van der Waals surface area (Å²) in [7, 11) is 0. The summed E-state index contributed by atoms with van der Waals surface area (Å²) in [4.78, 5) is 15.1. The van der Waals surface area contributed by atoms with Crippen LogP contribution in [0.15, 0.2) is 54.6 Å². The monoisotopic (exact) mass is 293 g/mol.